The number of carbonyl (C=O) groups excluding carboxylic acids is 1. The zero-order valence-electron chi connectivity index (χ0n) is 23.5. The van der Waals surface area contributed by atoms with Gasteiger partial charge in [0.25, 0.3) is 0 Å². The lowest BCUT2D eigenvalue weighted by Gasteiger charge is -2.58. The second-order valence-corrected chi connectivity index (χ2v) is 15.2. The molecule has 4 saturated heterocycles. The van der Waals surface area contributed by atoms with Crippen LogP contribution in [0.5, 0.6) is 0 Å². The largest absolute Gasteiger partial charge is 0.462 e. The smallest absolute Gasteiger partial charge is 0.302 e. The Bertz CT molecular complexity index is 968. The summed E-state index contributed by atoms with van der Waals surface area (Å²) in [6.45, 7) is 13.5. The number of carbonyl (C=O) groups is 1. The van der Waals surface area contributed by atoms with Gasteiger partial charge in [-0.2, -0.15) is 0 Å². The fourth-order valence-electron chi connectivity index (χ4n) is 12.9. The van der Waals surface area contributed by atoms with Crippen molar-refractivity contribution in [2.24, 2.45) is 39.9 Å². The van der Waals surface area contributed by atoms with Crippen LogP contribution in [0.15, 0.2) is 0 Å². The minimum atomic E-state index is -0.868. The van der Waals surface area contributed by atoms with E-state index in [9.17, 15) is 9.90 Å². The van der Waals surface area contributed by atoms with Gasteiger partial charge in [0.05, 0.1) is 11.0 Å². The molecule has 3 aliphatic carbocycles. The first-order valence-corrected chi connectivity index (χ1v) is 15.3. The van der Waals surface area contributed by atoms with Gasteiger partial charge in [0.15, 0.2) is 6.29 Å². The number of fused-ring (bicyclic) bond motifs is 3. The number of piperidine rings is 1. The van der Waals surface area contributed by atoms with Crippen LogP contribution in [0.25, 0.3) is 0 Å². The van der Waals surface area contributed by atoms with E-state index in [2.05, 4.69) is 39.5 Å². The molecule has 0 aromatic rings. The summed E-state index contributed by atoms with van der Waals surface area (Å²) < 4.78 is 12.2. The van der Waals surface area contributed by atoms with Gasteiger partial charge in [0.2, 0.25) is 0 Å². The Morgan fingerprint density at radius 3 is 2.58 bits per heavy atom. The summed E-state index contributed by atoms with van der Waals surface area (Å²) in [5.41, 5.74) is 0.387. The molecule has 7 fully saturated rings. The average molecular weight is 500 g/mol. The number of hydrogen-bond acceptors (Lipinski definition) is 5. The number of aliphatic hydroxyl groups is 1. The number of nitrogens with zero attached hydrogens (tertiary/aromatic N) is 1. The molecule has 4 aliphatic heterocycles. The second kappa shape index (κ2) is 7.30. The Morgan fingerprint density at radius 1 is 1.08 bits per heavy atom. The Hall–Kier alpha value is -0.650. The lowest BCUT2D eigenvalue weighted by Crippen LogP contribution is -2.58. The van der Waals surface area contributed by atoms with Crippen LogP contribution in [-0.2, 0) is 14.3 Å². The van der Waals surface area contributed by atoms with E-state index in [0.29, 0.717) is 16.4 Å². The van der Waals surface area contributed by atoms with Gasteiger partial charge < -0.3 is 14.6 Å². The molecule has 3 saturated carbocycles. The van der Waals surface area contributed by atoms with Crippen molar-refractivity contribution in [2.75, 3.05) is 0 Å². The maximum atomic E-state index is 12.0. The average Bonchev–Trinajstić information content (AvgIpc) is 3.48. The summed E-state index contributed by atoms with van der Waals surface area (Å²) in [6, 6.07) is 1.50. The Kier molecular flexibility index (Phi) is 4.95. The van der Waals surface area contributed by atoms with Gasteiger partial charge in [0.1, 0.15) is 6.10 Å². The van der Waals surface area contributed by atoms with E-state index in [1.807, 2.05) is 0 Å². The normalized spacial score (nSPS) is 58.6. The highest BCUT2D eigenvalue weighted by molar-refractivity contribution is 5.66. The maximum absolute atomic E-state index is 12.0. The summed E-state index contributed by atoms with van der Waals surface area (Å²) in [5.74, 6) is 2.33. The van der Waals surface area contributed by atoms with Gasteiger partial charge in [-0.25, -0.2) is 0 Å². The first-order chi connectivity index (χ1) is 17.0. The summed E-state index contributed by atoms with van der Waals surface area (Å²) in [4.78, 5) is 15.2. The molecule has 0 aromatic heterocycles. The molecule has 5 nitrogen and oxygen atoms in total. The van der Waals surface area contributed by atoms with Gasteiger partial charge in [-0.3, -0.25) is 9.69 Å². The third-order valence-corrected chi connectivity index (χ3v) is 14.1. The molecule has 5 heteroatoms. The SMILES string of the molecule is CC(=O)O[C@@H]1CC[C@@]2(C)O[C@@H](O)[C@@]1(C)[C@H]2CC[C@]12[C@@H]3[C@@H](C(C)C)CC[C@@]1(C)[C@@H]1CC[C@@]4(CCC[C@H]42)N31. The van der Waals surface area contributed by atoms with E-state index in [-0.39, 0.29) is 23.6 Å². The second-order valence-electron chi connectivity index (χ2n) is 15.2. The van der Waals surface area contributed by atoms with Crippen molar-refractivity contribution in [3.8, 4) is 0 Å². The van der Waals surface area contributed by atoms with E-state index in [1.165, 1.54) is 58.3 Å². The third kappa shape index (κ3) is 2.49. The lowest BCUT2D eigenvalue weighted by atomic mass is 9.45. The zero-order chi connectivity index (χ0) is 25.5. The summed E-state index contributed by atoms with van der Waals surface area (Å²) >= 11 is 0. The number of esters is 1. The van der Waals surface area contributed by atoms with E-state index < -0.39 is 11.7 Å². The lowest BCUT2D eigenvalue weighted by molar-refractivity contribution is -0.178. The van der Waals surface area contributed by atoms with E-state index >= 15 is 0 Å². The van der Waals surface area contributed by atoms with Crippen LogP contribution in [0, 0.1) is 39.9 Å². The highest BCUT2D eigenvalue weighted by Gasteiger charge is 2.84. The molecule has 6 bridgehead atoms. The highest BCUT2D eigenvalue weighted by atomic mass is 16.6. The van der Waals surface area contributed by atoms with E-state index in [0.717, 1.165) is 49.1 Å². The van der Waals surface area contributed by atoms with Gasteiger partial charge in [-0.1, -0.05) is 34.1 Å². The predicted octanol–water partition coefficient (Wildman–Crippen LogP) is 5.68. The van der Waals surface area contributed by atoms with Crippen molar-refractivity contribution >= 4 is 5.97 Å². The molecule has 12 atom stereocenters. The van der Waals surface area contributed by atoms with Gasteiger partial charge in [-0.15, -0.1) is 0 Å². The Balaban J connectivity index is 1.29. The minimum absolute atomic E-state index is 0.207. The minimum Gasteiger partial charge on any atom is -0.462 e. The topological polar surface area (TPSA) is 59.0 Å². The molecule has 7 rings (SSSR count). The monoisotopic (exact) mass is 499 g/mol. The molecule has 0 amide bonds. The molecule has 0 unspecified atom stereocenters. The zero-order valence-corrected chi connectivity index (χ0v) is 23.5. The number of rotatable bonds is 5. The molecular formula is C31H49NO4. The molecule has 4 heterocycles. The van der Waals surface area contributed by atoms with Crippen molar-refractivity contribution < 1.29 is 19.4 Å². The molecule has 7 aliphatic rings. The van der Waals surface area contributed by atoms with Crippen molar-refractivity contribution in [1.82, 2.24) is 4.90 Å². The fourth-order valence-corrected chi connectivity index (χ4v) is 12.9. The van der Waals surface area contributed by atoms with Crippen LogP contribution in [0.1, 0.15) is 112 Å². The van der Waals surface area contributed by atoms with Gasteiger partial charge >= 0.3 is 5.97 Å². The summed E-state index contributed by atoms with van der Waals surface area (Å²) in [7, 11) is 0. The van der Waals surface area contributed by atoms with Crippen molar-refractivity contribution in [3.05, 3.63) is 0 Å². The van der Waals surface area contributed by atoms with Crippen LogP contribution < -0.4 is 0 Å². The fraction of sp³-hybridized carbons (Fsp3) is 0.968. The standard InChI is InChI=1S/C31H49NO4/c1-18(2)20-9-14-27(4)23-11-16-30-13-7-8-22(30)31(27,25(20)32(23)30)17-10-21-28(5)15-12-24(35-19(3)33)29(21,6)26(34)36-28/h18,20-26,34H,7-17H2,1-6H3/t20-,21+,22-,23+,24-,25+,26-,27+,28-,29+,30-,31+/m1/s1. The Labute approximate surface area is 218 Å². The number of hydrogen-bond donors (Lipinski definition) is 1. The van der Waals surface area contributed by atoms with Crippen LogP contribution in [0.4, 0.5) is 0 Å². The predicted molar refractivity (Wildman–Crippen MR) is 138 cm³/mol. The molecule has 0 radical (unpaired) electrons. The molecule has 1 spiro atoms. The third-order valence-electron chi connectivity index (χ3n) is 14.1. The summed E-state index contributed by atoms with van der Waals surface area (Å²) in [5, 5.41) is 11.2. The van der Waals surface area contributed by atoms with E-state index in [1.54, 1.807) is 0 Å². The first-order valence-electron chi connectivity index (χ1n) is 15.3. The van der Waals surface area contributed by atoms with Crippen LogP contribution in [-0.4, -0.2) is 51.6 Å². The molecular weight excluding hydrogens is 450 g/mol. The molecule has 1 N–H and O–H groups in total. The van der Waals surface area contributed by atoms with Crippen molar-refractivity contribution in [1.29, 1.82) is 0 Å². The molecule has 36 heavy (non-hydrogen) atoms. The van der Waals surface area contributed by atoms with Gasteiger partial charge in [0, 0.05) is 30.5 Å². The number of ether oxygens (including phenoxy) is 2. The Morgan fingerprint density at radius 2 is 1.86 bits per heavy atom. The van der Waals surface area contributed by atoms with Crippen LogP contribution in [0.3, 0.4) is 0 Å². The van der Waals surface area contributed by atoms with E-state index in [4.69, 9.17) is 9.47 Å². The molecule has 0 aromatic carbocycles. The van der Waals surface area contributed by atoms with Crippen molar-refractivity contribution in [2.45, 2.75) is 148 Å². The maximum Gasteiger partial charge on any atom is 0.302 e. The quantitative estimate of drug-likeness (QED) is 0.493. The van der Waals surface area contributed by atoms with Crippen LogP contribution >= 0.6 is 0 Å². The van der Waals surface area contributed by atoms with Crippen molar-refractivity contribution in [3.63, 3.8) is 0 Å². The van der Waals surface area contributed by atoms with Crippen LogP contribution in [0.2, 0.25) is 0 Å². The summed E-state index contributed by atoms with van der Waals surface area (Å²) in [6.07, 6.45) is 12.7. The number of aliphatic hydroxyl groups excluding tert-OH is 1. The molecule has 202 valence electrons. The highest BCUT2D eigenvalue weighted by Crippen LogP contribution is 2.82. The first kappa shape index (κ1) is 24.4. The van der Waals surface area contributed by atoms with Gasteiger partial charge in [-0.05, 0) is 99.7 Å².